The molecule has 4 heteroatoms. The van der Waals surface area contributed by atoms with Gasteiger partial charge >= 0.3 is 0 Å². The van der Waals surface area contributed by atoms with E-state index in [9.17, 15) is 5.11 Å². The average molecular weight is 290 g/mol. The molecule has 2 saturated heterocycles. The molecule has 0 saturated carbocycles. The first-order valence-corrected chi connectivity index (χ1v) is 7.99. The number of rotatable bonds is 4. The number of nitrogens with one attached hydrogen (secondary N) is 1. The number of likely N-dealkylation sites (tertiary alicyclic amines) is 1. The Kier molecular flexibility index (Phi) is 4.09. The molecule has 2 N–H and O–H groups in total. The zero-order valence-electron chi connectivity index (χ0n) is 13.2. The summed E-state index contributed by atoms with van der Waals surface area (Å²) in [6, 6.07) is 6.34. The number of ether oxygens (including phenoxy) is 1. The molecule has 2 aliphatic heterocycles. The smallest absolute Gasteiger partial charge is 0.120 e. The van der Waals surface area contributed by atoms with Crippen molar-refractivity contribution < 1.29 is 9.84 Å². The summed E-state index contributed by atoms with van der Waals surface area (Å²) in [5.74, 6) is 2.69. The standard InChI is InChI=1S/C17H26N2O2/c1-4-16-15-9-18-8-12(15)10-19(16)11(2)14-7-13(21-3)5-6-17(14)20/h5-7,11-12,15-16,18,20H,4,8-10H2,1-3H3. The summed E-state index contributed by atoms with van der Waals surface area (Å²) in [6.45, 7) is 7.86. The van der Waals surface area contributed by atoms with Crippen LogP contribution in [0.4, 0.5) is 0 Å². The first-order valence-electron chi connectivity index (χ1n) is 7.99. The van der Waals surface area contributed by atoms with Crippen LogP contribution >= 0.6 is 0 Å². The summed E-state index contributed by atoms with van der Waals surface area (Å²) in [5, 5.41) is 13.8. The highest BCUT2D eigenvalue weighted by molar-refractivity contribution is 5.41. The van der Waals surface area contributed by atoms with Crippen molar-refractivity contribution in [3.8, 4) is 11.5 Å². The van der Waals surface area contributed by atoms with E-state index in [4.69, 9.17) is 4.74 Å². The Morgan fingerprint density at radius 3 is 2.95 bits per heavy atom. The number of methoxy groups -OCH3 is 1. The Morgan fingerprint density at radius 1 is 1.43 bits per heavy atom. The Bertz CT molecular complexity index is 506. The lowest BCUT2D eigenvalue weighted by molar-refractivity contribution is 0.163. The lowest BCUT2D eigenvalue weighted by Gasteiger charge is -2.33. The van der Waals surface area contributed by atoms with Crippen LogP contribution in [0.25, 0.3) is 0 Å². The van der Waals surface area contributed by atoms with E-state index < -0.39 is 0 Å². The van der Waals surface area contributed by atoms with Gasteiger partial charge in [-0.1, -0.05) is 6.92 Å². The summed E-state index contributed by atoms with van der Waals surface area (Å²) in [5.41, 5.74) is 0.973. The van der Waals surface area contributed by atoms with E-state index in [0.29, 0.717) is 11.8 Å². The molecule has 0 spiro atoms. The molecule has 116 valence electrons. The number of phenolic OH excluding ortho intramolecular Hbond substituents is 1. The van der Waals surface area contributed by atoms with Crippen LogP contribution < -0.4 is 10.1 Å². The van der Waals surface area contributed by atoms with Crippen LogP contribution in [0.15, 0.2) is 18.2 Å². The highest BCUT2D eigenvalue weighted by atomic mass is 16.5. The molecule has 1 aromatic rings. The first-order chi connectivity index (χ1) is 10.2. The van der Waals surface area contributed by atoms with Crippen LogP contribution in [0.5, 0.6) is 11.5 Å². The van der Waals surface area contributed by atoms with Gasteiger partial charge in [-0.2, -0.15) is 0 Å². The van der Waals surface area contributed by atoms with Gasteiger partial charge in [0.05, 0.1) is 7.11 Å². The molecule has 0 amide bonds. The number of nitrogens with zero attached hydrogens (tertiary/aromatic N) is 1. The van der Waals surface area contributed by atoms with Crippen LogP contribution in [0, 0.1) is 11.8 Å². The van der Waals surface area contributed by atoms with Gasteiger partial charge in [0.1, 0.15) is 11.5 Å². The molecule has 2 fully saturated rings. The van der Waals surface area contributed by atoms with Gasteiger partial charge in [0.25, 0.3) is 0 Å². The summed E-state index contributed by atoms with van der Waals surface area (Å²) in [7, 11) is 1.67. The number of phenols is 1. The second-order valence-corrected chi connectivity index (χ2v) is 6.36. The van der Waals surface area contributed by atoms with Crippen LogP contribution in [-0.4, -0.2) is 42.8 Å². The van der Waals surface area contributed by atoms with Crippen molar-refractivity contribution in [3.05, 3.63) is 23.8 Å². The highest BCUT2D eigenvalue weighted by Gasteiger charge is 2.45. The predicted octanol–water partition coefficient (Wildman–Crippen LogP) is 2.39. The maximum atomic E-state index is 10.2. The van der Waals surface area contributed by atoms with Crippen molar-refractivity contribution in [2.45, 2.75) is 32.4 Å². The number of benzene rings is 1. The Morgan fingerprint density at radius 2 is 2.24 bits per heavy atom. The quantitative estimate of drug-likeness (QED) is 0.894. The Balaban J connectivity index is 1.86. The normalized spacial score (nSPS) is 30.3. The van der Waals surface area contributed by atoms with Crippen LogP contribution in [0.1, 0.15) is 31.9 Å². The van der Waals surface area contributed by atoms with Gasteiger partial charge in [0, 0.05) is 24.2 Å². The zero-order valence-corrected chi connectivity index (χ0v) is 13.2. The number of hydrogen-bond acceptors (Lipinski definition) is 4. The van der Waals surface area contributed by atoms with Gasteiger partial charge in [-0.3, -0.25) is 4.90 Å². The fourth-order valence-corrected chi connectivity index (χ4v) is 4.21. The molecule has 1 aromatic carbocycles. The van der Waals surface area contributed by atoms with Gasteiger partial charge in [-0.05, 0) is 56.5 Å². The molecular weight excluding hydrogens is 264 g/mol. The summed E-state index contributed by atoms with van der Waals surface area (Å²) >= 11 is 0. The van der Waals surface area contributed by atoms with Crippen LogP contribution in [0.3, 0.4) is 0 Å². The van der Waals surface area contributed by atoms with Crippen molar-refractivity contribution in [2.75, 3.05) is 26.7 Å². The van der Waals surface area contributed by atoms with E-state index in [0.717, 1.165) is 49.2 Å². The Hall–Kier alpha value is -1.26. The second kappa shape index (κ2) is 5.85. The molecule has 2 aliphatic rings. The first kappa shape index (κ1) is 14.7. The summed E-state index contributed by atoms with van der Waals surface area (Å²) < 4.78 is 5.31. The third-order valence-corrected chi connectivity index (χ3v) is 5.36. The van der Waals surface area contributed by atoms with Crippen molar-refractivity contribution >= 4 is 0 Å². The molecule has 2 heterocycles. The average Bonchev–Trinajstić information content (AvgIpc) is 3.07. The maximum absolute atomic E-state index is 10.2. The topological polar surface area (TPSA) is 44.7 Å². The molecular formula is C17H26N2O2. The third kappa shape index (κ3) is 2.51. The largest absolute Gasteiger partial charge is 0.508 e. The molecule has 0 bridgehead atoms. The number of fused-ring (bicyclic) bond motifs is 1. The highest BCUT2D eigenvalue weighted by Crippen LogP contribution is 2.41. The molecule has 4 unspecified atom stereocenters. The van der Waals surface area contributed by atoms with E-state index >= 15 is 0 Å². The van der Waals surface area contributed by atoms with Gasteiger partial charge < -0.3 is 15.2 Å². The van der Waals surface area contributed by atoms with Crippen molar-refractivity contribution in [2.24, 2.45) is 11.8 Å². The molecule has 21 heavy (non-hydrogen) atoms. The second-order valence-electron chi connectivity index (χ2n) is 6.36. The Labute approximate surface area is 127 Å². The maximum Gasteiger partial charge on any atom is 0.120 e. The van der Waals surface area contributed by atoms with E-state index in [2.05, 4.69) is 24.1 Å². The summed E-state index contributed by atoms with van der Waals surface area (Å²) in [6.07, 6.45) is 1.16. The van der Waals surface area contributed by atoms with E-state index in [1.54, 1.807) is 13.2 Å². The zero-order chi connectivity index (χ0) is 15.0. The number of aromatic hydroxyl groups is 1. The minimum atomic E-state index is 0.218. The van der Waals surface area contributed by atoms with E-state index in [-0.39, 0.29) is 6.04 Å². The fourth-order valence-electron chi connectivity index (χ4n) is 4.21. The molecule has 0 radical (unpaired) electrons. The molecule has 0 aliphatic carbocycles. The predicted molar refractivity (Wildman–Crippen MR) is 83.7 cm³/mol. The van der Waals surface area contributed by atoms with Crippen molar-refractivity contribution in [1.82, 2.24) is 10.2 Å². The summed E-state index contributed by atoms with van der Waals surface area (Å²) in [4.78, 5) is 2.57. The van der Waals surface area contributed by atoms with Crippen LogP contribution in [0.2, 0.25) is 0 Å². The van der Waals surface area contributed by atoms with Gasteiger partial charge in [0.2, 0.25) is 0 Å². The minimum Gasteiger partial charge on any atom is -0.508 e. The molecule has 4 nitrogen and oxygen atoms in total. The van der Waals surface area contributed by atoms with Crippen molar-refractivity contribution in [3.63, 3.8) is 0 Å². The molecule has 0 aromatic heterocycles. The van der Waals surface area contributed by atoms with E-state index in [1.165, 1.54) is 0 Å². The van der Waals surface area contributed by atoms with Gasteiger partial charge in [-0.15, -0.1) is 0 Å². The fraction of sp³-hybridized carbons (Fsp3) is 0.647. The van der Waals surface area contributed by atoms with Gasteiger partial charge in [0.15, 0.2) is 0 Å². The SMILES string of the molecule is CCC1C2CNCC2CN1C(C)c1cc(OC)ccc1O. The monoisotopic (exact) mass is 290 g/mol. The molecule has 4 atom stereocenters. The minimum absolute atomic E-state index is 0.218. The van der Waals surface area contributed by atoms with Crippen molar-refractivity contribution in [1.29, 1.82) is 0 Å². The van der Waals surface area contributed by atoms with Crippen LogP contribution in [-0.2, 0) is 0 Å². The lowest BCUT2D eigenvalue weighted by Crippen LogP contribution is -2.36. The van der Waals surface area contributed by atoms with E-state index in [1.807, 2.05) is 12.1 Å². The van der Waals surface area contributed by atoms with Gasteiger partial charge in [-0.25, -0.2) is 0 Å². The third-order valence-electron chi connectivity index (χ3n) is 5.36. The molecule has 3 rings (SSSR count). The number of hydrogen-bond donors (Lipinski definition) is 2. The lowest BCUT2D eigenvalue weighted by atomic mass is 9.92.